The summed E-state index contributed by atoms with van der Waals surface area (Å²) >= 11 is 0. The van der Waals surface area contributed by atoms with Crippen molar-refractivity contribution in [1.82, 2.24) is 9.80 Å². The molecule has 120 valence electrons. The molecule has 1 heterocycles. The Balaban J connectivity index is 2.16. The third-order valence-electron chi connectivity index (χ3n) is 3.81. The van der Waals surface area contributed by atoms with E-state index in [4.69, 9.17) is 0 Å². The van der Waals surface area contributed by atoms with Crippen molar-refractivity contribution in [2.24, 2.45) is 0 Å². The third-order valence-corrected chi connectivity index (χ3v) is 3.81. The van der Waals surface area contributed by atoms with E-state index in [9.17, 15) is 14.0 Å². The molecule has 6 heteroatoms. The predicted molar refractivity (Wildman–Crippen MR) is 83.3 cm³/mol. The van der Waals surface area contributed by atoms with E-state index < -0.39 is 11.7 Å². The van der Waals surface area contributed by atoms with Crippen LogP contribution in [-0.4, -0.2) is 54.3 Å². The SMILES string of the molecule is CC(C)N1CC[C@H](Nc2ccc(F)c(C(=O)N(C)C)c2)C1=O. The van der Waals surface area contributed by atoms with Crippen LogP contribution in [0.15, 0.2) is 18.2 Å². The molecular weight excluding hydrogens is 285 g/mol. The van der Waals surface area contributed by atoms with Crippen LogP contribution in [0.3, 0.4) is 0 Å². The highest BCUT2D eigenvalue weighted by molar-refractivity contribution is 5.95. The first-order valence-electron chi connectivity index (χ1n) is 7.39. The van der Waals surface area contributed by atoms with Crippen molar-refractivity contribution in [2.75, 3.05) is 26.0 Å². The van der Waals surface area contributed by atoms with Crippen LogP contribution >= 0.6 is 0 Å². The van der Waals surface area contributed by atoms with Crippen molar-refractivity contribution in [3.63, 3.8) is 0 Å². The van der Waals surface area contributed by atoms with Gasteiger partial charge in [-0.25, -0.2) is 4.39 Å². The van der Waals surface area contributed by atoms with Gasteiger partial charge in [-0.3, -0.25) is 9.59 Å². The van der Waals surface area contributed by atoms with Gasteiger partial charge < -0.3 is 15.1 Å². The number of halogens is 1. The van der Waals surface area contributed by atoms with E-state index in [0.717, 1.165) is 0 Å². The van der Waals surface area contributed by atoms with Gasteiger partial charge in [-0.05, 0) is 38.5 Å². The zero-order valence-electron chi connectivity index (χ0n) is 13.4. The summed E-state index contributed by atoms with van der Waals surface area (Å²) in [4.78, 5) is 27.3. The molecule has 1 aromatic carbocycles. The van der Waals surface area contributed by atoms with E-state index >= 15 is 0 Å². The number of rotatable bonds is 4. The minimum atomic E-state index is -0.564. The Kier molecular flexibility index (Phi) is 4.68. The summed E-state index contributed by atoms with van der Waals surface area (Å²) in [5.74, 6) is -0.923. The summed E-state index contributed by atoms with van der Waals surface area (Å²) in [6.07, 6.45) is 0.700. The Morgan fingerprint density at radius 1 is 1.41 bits per heavy atom. The van der Waals surface area contributed by atoms with Gasteiger partial charge in [-0.1, -0.05) is 0 Å². The van der Waals surface area contributed by atoms with Crippen LogP contribution in [0.4, 0.5) is 10.1 Å². The molecule has 0 saturated carbocycles. The molecule has 1 atom stereocenters. The monoisotopic (exact) mass is 307 g/mol. The fraction of sp³-hybridized carbons (Fsp3) is 0.500. The molecule has 0 aromatic heterocycles. The van der Waals surface area contributed by atoms with Gasteiger partial charge in [0.1, 0.15) is 11.9 Å². The molecular formula is C16H22FN3O2. The summed E-state index contributed by atoms with van der Waals surface area (Å²) in [5.41, 5.74) is 0.580. The number of carbonyl (C=O) groups is 2. The molecule has 1 aliphatic heterocycles. The van der Waals surface area contributed by atoms with E-state index in [1.807, 2.05) is 18.7 Å². The van der Waals surface area contributed by atoms with E-state index in [1.54, 1.807) is 20.2 Å². The average molecular weight is 307 g/mol. The van der Waals surface area contributed by atoms with Crippen LogP contribution < -0.4 is 5.32 Å². The van der Waals surface area contributed by atoms with Crippen LogP contribution in [0.5, 0.6) is 0 Å². The fourth-order valence-electron chi connectivity index (χ4n) is 2.57. The maximum Gasteiger partial charge on any atom is 0.256 e. The molecule has 0 bridgehead atoms. The first kappa shape index (κ1) is 16.3. The maximum absolute atomic E-state index is 13.8. The smallest absolute Gasteiger partial charge is 0.256 e. The van der Waals surface area contributed by atoms with Gasteiger partial charge in [0.15, 0.2) is 0 Å². The Bertz CT molecular complexity index is 587. The molecule has 0 radical (unpaired) electrons. The molecule has 1 aromatic rings. The first-order chi connectivity index (χ1) is 10.3. The molecule has 1 saturated heterocycles. The lowest BCUT2D eigenvalue weighted by molar-refractivity contribution is -0.129. The molecule has 5 nitrogen and oxygen atoms in total. The van der Waals surface area contributed by atoms with Gasteiger partial charge in [-0.15, -0.1) is 0 Å². The molecule has 2 amide bonds. The molecule has 0 aliphatic carbocycles. The summed E-state index contributed by atoms with van der Waals surface area (Å²) in [5, 5.41) is 3.11. The molecule has 0 spiro atoms. The van der Waals surface area contributed by atoms with E-state index in [2.05, 4.69) is 5.32 Å². The summed E-state index contributed by atoms with van der Waals surface area (Å²) < 4.78 is 13.8. The number of likely N-dealkylation sites (tertiary alicyclic amines) is 1. The van der Waals surface area contributed by atoms with Gasteiger partial charge in [0.2, 0.25) is 5.91 Å². The molecule has 0 unspecified atom stereocenters. The Labute approximate surface area is 130 Å². The number of hydrogen-bond acceptors (Lipinski definition) is 3. The van der Waals surface area contributed by atoms with E-state index in [0.29, 0.717) is 18.7 Å². The number of hydrogen-bond donors (Lipinski definition) is 1. The highest BCUT2D eigenvalue weighted by Crippen LogP contribution is 2.21. The van der Waals surface area contributed by atoms with Crippen molar-refractivity contribution < 1.29 is 14.0 Å². The van der Waals surface area contributed by atoms with Gasteiger partial charge in [0.05, 0.1) is 5.56 Å². The largest absolute Gasteiger partial charge is 0.374 e. The highest BCUT2D eigenvalue weighted by Gasteiger charge is 2.33. The lowest BCUT2D eigenvalue weighted by Gasteiger charge is -2.21. The zero-order valence-corrected chi connectivity index (χ0v) is 13.4. The van der Waals surface area contributed by atoms with Gasteiger partial charge in [-0.2, -0.15) is 0 Å². The minimum absolute atomic E-state index is 0.00108. The Morgan fingerprint density at radius 2 is 2.09 bits per heavy atom. The number of nitrogens with one attached hydrogen (secondary N) is 1. The zero-order chi connectivity index (χ0) is 16.4. The second-order valence-corrected chi connectivity index (χ2v) is 6.01. The van der Waals surface area contributed by atoms with Crippen molar-refractivity contribution in [2.45, 2.75) is 32.4 Å². The van der Waals surface area contributed by atoms with Gasteiger partial charge >= 0.3 is 0 Å². The van der Waals surface area contributed by atoms with Crippen LogP contribution in [0.1, 0.15) is 30.6 Å². The van der Waals surface area contributed by atoms with Crippen molar-refractivity contribution >= 4 is 17.5 Å². The summed E-state index contributed by atoms with van der Waals surface area (Å²) in [6, 6.07) is 4.10. The van der Waals surface area contributed by atoms with Gasteiger partial charge in [0, 0.05) is 32.4 Å². The molecule has 2 rings (SSSR count). The highest BCUT2D eigenvalue weighted by atomic mass is 19.1. The van der Waals surface area contributed by atoms with Crippen LogP contribution in [-0.2, 0) is 4.79 Å². The molecule has 1 N–H and O–H groups in total. The predicted octanol–water partition coefficient (Wildman–Crippen LogP) is 1.95. The minimum Gasteiger partial charge on any atom is -0.374 e. The van der Waals surface area contributed by atoms with E-state index in [1.165, 1.54) is 17.0 Å². The number of nitrogens with zero attached hydrogens (tertiary/aromatic N) is 2. The molecule has 22 heavy (non-hydrogen) atoms. The molecule has 1 fully saturated rings. The van der Waals surface area contributed by atoms with Crippen LogP contribution in [0.2, 0.25) is 0 Å². The number of benzene rings is 1. The van der Waals surface area contributed by atoms with Crippen molar-refractivity contribution in [1.29, 1.82) is 0 Å². The lowest BCUT2D eigenvalue weighted by atomic mass is 10.1. The maximum atomic E-state index is 13.8. The van der Waals surface area contributed by atoms with Gasteiger partial charge in [0.25, 0.3) is 5.91 Å². The lowest BCUT2D eigenvalue weighted by Crippen LogP contribution is -2.37. The number of anilines is 1. The second kappa shape index (κ2) is 6.34. The van der Waals surface area contributed by atoms with Crippen LogP contribution in [0.25, 0.3) is 0 Å². The second-order valence-electron chi connectivity index (χ2n) is 6.01. The fourth-order valence-corrected chi connectivity index (χ4v) is 2.57. The quantitative estimate of drug-likeness (QED) is 0.925. The number of carbonyl (C=O) groups excluding carboxylic acids is 2. The average Bonchev–Trinajstić information content (AvgIpc) is 2.81. The Hall–Kier alpha value is -2.11. The first-order valence-corrected chi connectivity index (χ1v) is 7.39. The van der Waals surface area contributed by atoms with E-state index in [-0.39, 0.29) is 23.6 Å². The number of amides is 2. The summed E-state index contributed by atoms with van der Waals surface area (Å²) in [7, 11) is 3.14. The Morgan fingerprint density at radius 3 is 2.64 bits per heavy atom. The topological polar surface area (TPSA) is 52.7 Å². The normalized spacial score (nSPS) is 18.0. The third kappa shape index (κ3) is 3.21. The van der Waals surface area contributed by atoms with Crippen molar-refractivity contribution in [3.8, 4) is 0 Å². The van der Waals surface area contributed by atoms with Crippen LogP contribution in [0, 0.1) is 5.82 Å². The summed E-state index contributed by atoms with van der Waals surface area (Å²) in [6.45, 7) is 4.66. The molecule has 1 aliphatic rings. The van der Waals surface area contributed by atoms with Crippen molar-refractivity contribution in [3.05, 3.63) is 29.6 Å². The standard InChI is InChI=1S/C16H22FN3O2/c1-10(2)20-8-7-14(16(20)22)18-11-5-6-13(17)12(9-11)15(21)19(3)4/h5-6,9-10,14,18H,7-8H2,1-4H3/t14-/m0/s1.